The Hall–Kier alpha value is -2.84. The molecule has 0 saturated carbocycles. The Labute approximate surface area is 173 Å². The summed E-state index contributed by atoms with van der Waals surface area (Å²) in [5, 5.41) is 4.75. The number of rotatable bonds is 5. The van der Waals surface area contributed by atoms with E-state index in [0.29, 0.717) is 16.5 Å². The third-order valence-electron chi connectivity index (χ3n) is 3.63. The molecule has 0 aliphatic heterocycles. The molecule has 1 aromatic heterocycles. The van der Waals surface area contributed by atoms with Crippen LogP contribution in [-0.4, -0.2) is 16.8 Å². The highest BCUT2D eigenvalue weighted by Crippen LogP contribution is 2.31. The highest BCUT2D eigenvalue weighted by Gasteiger charge is 2.20. The number of nitrogens with zero attached hydrogens (tertiary/aromatic N) is 2. The topological polar surface area (TPSA) is 62.3 Å². The number of aromatic nitrogens is 1. The lowest BCUT2D eigenvalue weighted by atomic mass is 10.3. The third kappa shape index (κ3) is 4.90. The molecule has 3 aromatic rings. The number of carbonyl (C=O) groups excluding carboxylic acids is 2. The van der Waals surface area contributed by atoms with Crippen LogP contribution < -0.4 is 10.2 Å². The summed E-state index contributed by atoms with van der Waals surface area (Å²) < 4.78 is 15.0. The van der Waals surface area contributed by atoms with E-state index in [9.17, 15) is 14.0 Å². The van der Waals surface area contributed by atoms with Crippen LogP contribution in [0.5, 0.6) is 0 Å². The minimum absolute atomic E-state index is 0.132. The fourth-order valence-corrected chi connectivity index (χ4v) is 3.49. The van der Waals surface area contributed by atoms with Crippen molar-refractivity contribution < 1.29 is 14.0 Å². The molecule has 0 aliphatic rings. The zero-order valence-corrected chi connectivity index (χ0v) is 17.1. The molecule has 5 nitrogen and oxygen atoms in total. The van der Waals surface area contributed by atoms with Crippen molar-refractivity contribution in [2.45, 2.75) is 6.92 Å². The van der Waals surface area contributed by atoms with Crippen molar-refractivity contribution in [2.24, 2.45) is 0 Å². The number of anilines is 3. The molecule has 2 amide bonds. The molecular formula is C20H15BrFN3O2S. The van der Waals surface area contributed by atoms with Crippen molar-refractivity contribution in [1.82, 2.24) is 4.98 Å². The molecule has 0 atom stereocenters. The zero-order valence-electron chi connectivity index (χ0n) is 14.7. The predicted molar refractivity (Wildman–Crippen MR) is 113 cm³/mol. The lowest BCUT2D eigenvalue weighted by molar-refractivity contribution is -0.116. The van der Waals surface area contributed by atoms with Crippen LogP contribution in [0.15, 0.2) is 64.5 Å². The smallest absolute Gasteiger partial charge is 0.248 e. The van der Waals surface area contributed by atoms with E-state index < -0.39 is 5.82 Å². The lowest BCUT2D eigenvalue weighted by Gasteiger charge is -2.18. The van der Waals surface area contributed by atoms with Crippen LogP contribution in [0, 0.1) is 5.82 Å². The Kier molecular flexibility index (Phi) is 6.33. The van der Waals surface area contributed by atoms with Crippen LogP contribution in [0.3, 0.4) is 0 Å². The molecule has 0 saturated heterocycles. The van der Waals surface area contributed by atoms with Gasteiger partial charge in [0.1, 0.15) is 5.82 Å². The highest BCUT2D eigenvalue weighted by molar-refractivity contribution is 9.10. The molecule has 1 N–H and O–H groups in total. The standard InChI is InChI=1S/C20H15BrFN3O2S/c1-13(26)25(18-5-3-2-4-17(18)22)20-24-16(12-28-20)10-11-19(27)23-15-8-6-14(21)7-9-15/h2-12H,1H3,(H,23,27)/b11-10+. The molecule has 142 valence electrons. The first kappa shape index (κ1) is 19.9. The molecule has 28 heavy (non-hydrogen) atoms. The number of thiazole rings is 1. The number of amides is 2. The van der Waals surface area contributed by atoms with E-state index in [1.165, 1.54) is 47.4 Å². The van der Waals surface area contributed by atoms with Crippen LogP contribution in [0.2, 0.25) is 0 Å². The van der Waals surface area contributed by atoms with Crippen molar-refractivity contribution in [1.29, 1.82) is 0 Å². The van der Waals surface area contributed by atoms with E-state index in [1.807, 2.05) is 12.1 Å². The summed E-state index contributed by atoms with van der Waals surface area (Å²) in [5.41, 5.74) is 1.29. The Morgan fingerprint density at radius 1 is 1.18 bits per heavy atom. The van der Waals surface area contributed by atoms with Gasteiger partial charge in [0, 0.05) is 28.5 Å². The van der Waals surface area contributed by atoms with Gasteiger partial charge in [-0.1, -0.05) is 28.1 Å². The first-order valence-electron chi connectivity index (χ1n) is 8.19. The average Bonchev–Trinajstić information content (AvgIpc) is 3.12. The van der Waals surface area contributed by atoms with Crippen molar-refractivity contribution in [2.75, 3.05) is 10.2 Å². The number of halogens is 2. The minimum atomic E-state index is -0.515. The van der Waals surface area contributed by atoms with Crippen molar-refractivity contribution >= 4 is 61.7 Å². The van der Waals surface area contributed by atoms with Crippen LogP contribution in [0.4, 0.5) is 20.9 Å². The molecule has 0 aliphatic carbocycles. The number of benzene rings is 2. The number of para-hydroxylation sites is 1. The van der Waals surface area contributed by atoms with Gasteiger partial charge >= 0.3 is 0 Å². The summed E-state index contributed by atoms with van der Waals surface area (Å²) in [6.07, 6.45) is 2.88. The molecule has 0 fully saturated rings. The summed E-state index contributed by atoms with van der Waals surface area (Å²) in [4.78, 5) is 29.6. The molecule has 3 rings (SSSR count). The first-order valence-corrected chi connectivity index (χ1v) is 9.86. The largest absolute Gasteiger partial charge is 0.323 e. The molecule has 0 bridgehead atoms. The number of hydrogen-bond acceptors (Lipinski definition) is 4. The summed E-state index contributed by atoms with van der Waals surface area (Å²) in [7, 11) is 0. The van der Waals surface area contributed by atoms with Gasteiger partial charge in [0.2, 0.25) is 11.8 Å². The van der Waals surface area contributed by atoms with Crippen LogP contribution in [0.1, 0.15) is 12.6 Å². The van der Waals surface area contributed by atoms with Gasteiger partial charge in [-0.3, -0.25) is 14.5 Å². The Morgan fingerprint density at radius 3 is 2.57 bits per heavy atom. The third-order valence-corrected chi connectivity index (χ3v) is 5.00. The van der Waals surface area contributed by atoms with E-state index in [1.54, 1.807) is 29.6 Å². The van der Waals surface area contributed by atoms with Gasteiger partial charge < -0.3 is 5.32 Å². The Morgan fingerprint density at radius 2 is 1.89 bits per heavy atom. The maximum atomic E-state index is 14.1. The number of hydrogen-bond donors (Lipinski definition) is 1. The Bertz CT molecular complexity index is 1030. The normalized spacial score (nSPS) is 10.8. The van der Waals surface area contributed by atoms with Gasteiger partial charge in [0.05, 0.1) is 11.4 Å². The summed E-state index contributed by atoms with van der Waals surface area (Å²) in [6.45, 7) is 1.34. The second kappa shape index (κ2) is 8.90. The molecule has 1 heterocycles. The minimum Gasteiger partial charge on any atom is -0.323 e. The predicted octanol–water partition coefficient (Wildman–Crippen LogP) is 5.38. The van der Waals surface area contributed by atoms with Crippen LogP contribution in [0.25, 0.3) is 6.08 Å². The van der Waals surface area contributed by atoms with Gasteiger partial charge in [-0.15, -0.1) is 11.3 Å². The second-order valence-corrected chi connectivity index (χ2v) is 7.44. The summed E-state index contributed by atoms with van der Waals surface area (Å²) in [6, 6.07) is 13.2. The van der Waals surface area contributed by atoms with E-state index >= 15 is 0 Å². The zero-order chi connectivity index (χ0) is 20.1. The van der Waals surface area contributed by atoms with Gasteiger partial charge in [-0.05, 0) is 42.5 Å². The number of nitrogens with one attached hydrogen (secondary N) is 1. The van der Waals surface area contributed by atoms with Crippen molar-refractivity contribution in [3.63, 3.8) is 0 Å². The SMILES string of the molecule is CC(=O)N(c1nc(/C=C/C(=O)Nc2ccc(Br)cc2)cs1)c1ccccc1F. The van der Waals surface area contributed by atoms with E-state index in [0.717, 1.165) is 4.47 Å². The average molecular weight is 460 g/mol. The second-order valence-electron chi connectivity index (χ2n) is 5.69. The maximum absolute atomic E-state index is 14.1. The van der Waals surface area contributed by atoms with Crippen LogP contribution >= 0.6 is 27.3 Å². The molecule has 0 radical (unpaired) electrons. The number of carbonyl (C=O) groups is 2. The fraction of sp³-hybridized carbons (Fsp3) is 0.0500. The van der Waals surface area contributed by atoms with Crippen LogP contribution in [-0.2, 0) is 9.59 Å². The molecule has 0 unspecified atom stereocenters. The fourth-order valence-electron chi connectivity index (χ4n) is 2.37. The first-order chi connectivity index (χ1) is 13.4. The monoisotopic (exact) mass is 459 g/mol. The quantitative estimate of drug-likeness (QED) is 0.520. The Balaban J connectivity index is 1.74. The summed E-state index contributed by atoms with van der Waals surface area (Å²) >= 11 is 4.52. The maximum Gasteiger partial charge on any atom is 0.248 e. The molecular weight excluding hydrogens is 445 g/mol. The van der Waals surface area contributed by atoms with Gasteiger partial charge in [-0.25, -0.2) is 9.37 Å². The van der Waals surface area contributed by atoms with Crippen molar-refractivity contribution in [3.05, 3.63) is 76.0 Å². The van der Waals surface area contributed by atoms with Gasteiger partial charge in [-0.2, -0.15) is 0 Å². The van der Waals surface area contributed by atoms with Gasteiger partial charge in [0.25, 0.3) is 0 Å². The van der Waals surface area contributed by atoms with E-state index in [2.05, 4.69) is 26.2 Å². The van der Waals surface area contributed by atoms with E-state index in [-0.39, 0.29) is 17.5 Å². The molecule has 8 heteroatoms. The lowest BCUT2D eigenvalue weighted by Crippen LogP contribution is -2.23. The van der Waals surface area contributed by atoms with Gasteiger partial charge in [0.15, 0.2) is 5.13 Å². The molecule has 2 aromatic carbocycles. The summed E-state index contributed by atoms with van der Waals surface area (Å²) in [5.74, 6) is -1.18. The molecule has 0 spiro atoms. The van der Waals surface area contributed by atoms with Crippen molar-refractivity contribution in [3.8, 4) is 0 Å². The van der Waals surface area contributed by atoms with E-state index in [4.69, 9.17) is 0 Å². The highest BCUT2D eigenvalue weighted by atomic mass is 79.9.